The van der Waals surface area contributed by atoms with Crippen LogP contribution in [0.2, 0.25) is 0 Å². The number of hydrogen-bond donors (Lipinski definition) is 2. The molecule has 0 spiro atoms. The number of carbonyl (C=O) groups excluding carboxylic acids is 1. The number of hydrogen-bond acceptors (Lipinski definition) is 3. The molecule has 0 fully saturated rings. The van der Waals surface area contributed by atoms with E-state index in [2.05, 4.69) is 5.32 Å². The van der Waals surface area contributed by atoms with Crippen LogP contribution in [0.4, 0.5) is 0 Å². The highest BCUT2D eigenvalue weighted by atomic mass is 16.5. The maximum Gasteiger partial charge on any atom is 0.246 e. The topological polar surface area (TPSA) is 58.6 Å². The molecule has 1 amide bonds. The molecule has 2 N–H and O–H groups in total. The van der Waals surface area contributed by atoms with Crippen molar-refractivity contribution < 1.29 is 14.6 Å². The monoisotopic (exact) mass is 203 g/mol. The SMILES string of the molecule is CC(C)OCC(=O)NCCCCCO. The second-order valence-corrected chi connectivity index (χ2v) is 3.49. The molecular formula is C10H21NO3. The first-order valence-electron chi connectivity index (χ1n) is 5.16. The molecule has 4 nitrogen and oxygen atoms in total. The Balaban J connectivity index is 3.18. The van der Waals surface area contributed by atoms with Gasteiger partial charge in [-0.25, -0.2) is 0 Å². The predicted octanol–water partition coefficient (Wildman–Crippen LogP) is 0.690. The normalized spacial score (nSPS) is 10.6. The molecule has 84 valence electrons. The molecule has 14 heavy (non-hydrogen) atoms. The average Bonchev–Trinajstić information content (AvgIpc) is 2.14. The molecule has 0 saturated heterocycles. The first-order valence-corrected chi connectivity index (χ1v) is 5.16. The Morgan fingerprint density at radius 3 is 2.64 bits per heavy atom. The van der Waals surface area contributed by atoms with E-state index in [4.69, 9.17) is 9.84 Å². The summed E-state index contributed by atoms with van der Waals surface area (Å²) in [5.74, 6) is -0.0669. The zero-order chi connectivity index (χ0) is 10.8. The van der Waals surface area contributed by atoms with Crippen LogP contribution in [0.1, 0.15) is 33.1 Å². The molecule has 0 aliphatic rings. The number of aliphatic hydroxyl groups is 1. The maximum absolute atomic E-state index is 11.1. The first kappa shape index (κ1) is 13.4. The second kappa shape index (κ2) is 8.97. The van der Waals surface area contributed by atoms with Gasteiger partial charge in [0.1, 0.15) is 6.61 Å². The number of carbonyl (C=O) groups is 1. The minimum Gasteiger partial charge on any atom is -0.396 e. The molecule has 4 heteroatoms. The third kappa shape index (κ3) is 9.48. The third-order valence-corrected chi connectivity index (χ3v) is 1.70. The Kier molecular flexibility index (Phi) is 8.57. The molecule has 0 bridgehead atoms. The van der Waals surface area contributed by atoms with Gasteiger partial charge in [0, 0.05) is 13.2 Å². The van der Waals surface area contributed by atoms with Crippen molar-refractivity contribution in [3.05, 3.63) is 0 Å². The first-order chi connectivity index (χ1) is 6.66. The van der Waals surface area contributed by atoms with Gasteiger partial charge in [-0.2, -0.15) is 0 Å². The quantitative estimate of drug-likeness (QED) is 0.571. The number of unbranched alkanes of at least 4 members (excludes halogenated alkanes) is 2. The minimum atomic E-state index is -0.0669. The molecule has 0 rings (SSSR count). The summed E-state index contributed by atoms with van der Waals surface area (Å²) in [5, 5.41) is 11.3. The van der Waals surface area contributed by atoms with Gasteiger partial charge in [0.25, 0.3) is 0 Å². The van der Waals surface area contributed by atoms with Crippen LogP contribution >= 0.6 is 0 Å². The van der Waals surface area contributed by atoms with Crippen LogP contribution in [0.15, 0.2) is 0 Å². The number of ether oxygens (including phenoxy) is 1. The van der Waals surface area contributed by atoms with E-state index in [1.807, 2.05) is 13.8 Å². The third-order valence-electron chi connectivity index (χ3n) is 1.70. The molecule has 0 radical (unpaired) electrons. The summed E-state index contributed by atoms with van der Waals surface area (Å²) < 4.78 is 5.13. The van der Waals surface area contributed by atoms with Crippen LogP contribution in [-0.4, -0.2) is 36.9 Å². The van der Waals surface area contributed by atoms with Crippen LogP contribution < -0.4 is 5.32 Å². The predicted molar refractivity (Wildman–Crippen MR) is 55.0 cm³/mol. The number of rotatable bonds is 8. The van der Waals surface area contributed by atoms with Gasteiger partial charge in [-0.1, -0.05) is 0 Å². The lowest BCUT2D eigenvalue weighted by atomic mass is 10.2. The summed E-state index contributed by atoms with van der Waals surface area (Å²) in [7, 11) is 0. The zero-order valence-electron chi connectivity index (χ0n) is 9.08. The number of aliphatic hydroxyl groups excluding tert-OH is 1. The van der Waals surface area contributed by atoms with Gasteiger partial charge in [0.2, 0.25) is 5.91 Å². The highest BCUT2D eigenvalue weighted by Crippen LogP contribution is 1.92. The van der Waals surface area contributed by atoms with E-state index >= 15 is 0 Å². The van der Waals surface area contributed by atoms with E-state index in [0.717, 1.165) is 19.3 Å². The molecule has 0 aliphatic carbocycles. The Hall–Kier alpha value is -0.610. The van der Waals surface area contributed by atoms with Crippen molar-refractivity contribution in [2.24, 2.45) is 0 Å². The van der Waals surface area contributed by atoms with Crippen molar-refractivity contribution in [1.82, 2.24) is 5.32 Å². The van der Waals surface area contributed by atoms with E-state index in [0.29, 0.717) is 6.54 Å². The highest BCUT2D eigenvalue weighted by molar-refractivity contribution is 5.77. The summed E-state index contributed by atoms with van der Waals surface area (Å²) >= 11 is 0. The summed E-state index contributed by atoms with van der Waals surface area (Å²) in [4.78, 5) is 11.1. The van der Waals surface area contributed by atoms with E-state index in [-0.39, 0.29) is 25.2 Å². The summed E-state index contributed by atoms with van der Waals surface area (Å²) in [6.07, 6.45) is 2.75. The van der Waals surface area contributed by atoms with Crippen molar-refractivity contribution in [2.45, 2.75) is 39.2 Å². The second-order valence-electron chi connectivity index (χ2n) is 3.49. The van der Waals surface area contributed by atoms with Crippen LogP contribution in [0.3, 0.4) is 0 Å². The van der Waals surface area contributed by atoms with Gasteiger partial charge < -0.3 is 15.2 Å². The Bertz CT molecular complexity index is 148. The molecule has 0 aromatic heterocycles. The standard InChI is InChI=1S/C10H21NO3/c1-9(2)14-8-10(13)11-6-4-3-5-7-12/h9,12H,3-8H2,1-2H3,(H,11,13). The molecule has 0 aromatic rings. The molecule has 0 unspecified atom stereocenters. The largest absolute Gasteiger partial charge is 0.396 e. The van der Waals surface area contributed by atoms with E-state index in [9.17, 15) is 4.79 Å². The fourth-order valence-electron chi connectivity index (χ4n) is 0.935. The number of nitrogens with one attached hydrogen (secondary N) is 1. The number of amides is 1. The van der Waals surface area contributed by atoms with Gasteiger partial charge in [0.05, 0.1) is 6.10 Å². The molecule has 0 aromatic carbocycles. The summed E-state index contributed by atoms with van der Waals surface area (Å²) in [6, 6.07) is 0. The summed E-state index contributed by atoms with van der Waals surface area (Å²) in [6.45, 7) is 4.82. The fourth-order valence-corrected chi connectivity index (χ4v) is 0.935. The molecule has 0 aliphatic heterocycles. The average molecular weight is 203 g/mol. The lowest BCUT2D eigenvalue weighted by molar-refractivity contribution is -0.127. The van der Waals surface area contributed by atoms with Crippen molar-refractivity contribution in [2.75, 3.05) is 19.8 Å². The minimum absolute atomic E-state index is 0.0669. The lowest BCUT2D eigenvalue weighted by Gasteiger charge is -2.07. The van der Waals surface area contributed by atoms with Gasteiger partial charge in [-0.15, -0.1) is 0 Å². The van der Waals surface area contributed by atoms with Crippen molar-refractivity contribution >= 4 is 5.91 Å². The van der Waals surface area contributed by atoms with Crippen LogP contribution in [0.25, 0.3) is 0 Å². The van der Waals surface area contributed by atoms with E-state index in [1.54, 1.807) is 0 Å². The molecule has 0 heterocycles. The van der Waals surface area contributed by atoms with Crippen LogP contribution in [0, 0.1) is 0 Å². The molecule has 0 atom stereocenters. The zero-order valence-corrected chi connectivity index (χ0v) is 9.08. The Labute approximate surface area is 85.6 Å². The molecular weight excluding hydrogens is 182 g/mol. The van der Waals surface area contributed by atoms with Crippen molar-refractivity contribution in [3.63, 3.8) is 0 Å². The van der Waals surface area contributed by atoms with Crippen molar-refractivity contribution in [1.29, 1.82) is 0 Å². The van der Waals surface area contributed by atoms with Crippen molar-refractivity contribution in [3.8, 4) is 0 Å². The van der Waals surface area contributed by atoms with E-state index < -0.39 is 0 Å². The van der Waals surface area contributed by atoms with Gasteiger partial charge in [-0.05, 0) is 33.1 Å². The van der Waals surface area contributed by atoms with Crippen LogP contribution in [-0.2, 0) is 9.53 Å². The van der Waals surface area contributed by atoms with E-state index in [1.165, 1.54) is 0 Å². The van der Waals surface area contributed by atoms with Gasteiger partial charge in [0.15, 0.2) is 0 Å². The smallest absolute Gasteiger partial charge is 0.246 e. The lowest BCUT2D eigenvalue weighted by Crippen LogP contribution is -2.29. The Morgan fingerprint density at radius 2 is 2.07 bits per heavy atom. The van der Waals surface area contributed by atoms with Crippen LogP contribution in [0.5, 0.6) is 0 Å². The van der Waals surface area contributed by atoms with Gasteiger partial charge in [-0.3, -0.25) is 4.79 Å². The van der Waals surface area contributed by atoms with Gasteiger partial charge >= 0.3 is 0 Å². The maximum atomic E-state index is 11.1. The molecule has 0 saturated carbocycles. The fraction of sp³-hybridized carbons (Fsp3) is 0.900. The Morgan fingerprint density at radius 1 is 1.36 bits per heavy atom. The summed E-state index contributed by atoms with van der Waals surface area (Å²) in [5.41, 5.74) is 0. The highest BCUT2D eigenvalue weighted by Gasteiger charge is 2.01.